The lowest BCUT2D eigenvalue weighted by Crippen LogP contribution is -2.19. The van der Waals surface area contributed by atoms with Crippen LogP contribution in [-0.2, 0) is 6.54 Å². The minimum Gasteiger partial charge on any atom is -0.293 e. The summed E-state index contributed by atoms with van der Waals surface area (Å²) in [6.07, 6.45) is 1.73. The van der Waals surface area contributed by atoms with E-state index in [0.717, 1.165) is 11.3 Å². The Kier molecular flexibility index (Phi) is 4.30. The summed E-state index contributed by atoms with van der Waals surface area (Å²) in [5.41, 5.74) is 1.76. The van der Waals surface area contributed by atoms with E-state index in [9.17, 15) is 5.26 Å². The van der Waals surface area contributed by atoms with Gasteiger partial charge in [-0.2, -0.15) is 5.26 Å². The number of benzene rings is 1. The molecule has 1 heterocycles. The highest BCUT2D eigenvalue weighted by atomic mass is 35.5. The van der Waals surface area contributed by atoms with E-state index in [4.69, 9.17) is 11.6 Å². The smallest absolute Gasteiger partial charge is 0.121 e. The van der Waals surface area contributed by atoms with Gasteiger partial charge in [-0.1, -0.05) is 29.8 Å². The minimum atomic E-state index is -0.384. The van der Waals surface area contributed by atoms with E-state index in [-0.39, 0.29) is 6.04 Å². The monoisotopic (exact) mass is 257 g/mol. The van der Waals surface area contributed by atoms with Gasteiger partial charge >= 0.3 is 0 Å². The fourth-order valence-electron chi connectivity index (χ4n) is 1.63. The van der Waals surface area contributed by atoms with Gasteiger partial charge in [-0.15, -0.1) is 0 Å². The third kappa shape index (κ3) is 3.30. The summed E-state index contributed by atoms with van der Waals surface area (Å²) in [4.78, 5) is 4.20. The molecule has 4 heteroatoms. The molecule has 90 valence electrons. The Morgan fingerprint density at radius 2 is 2.17 bits per heavy atom. The maximum absolute atomic E-state index is 9.17. The van der Waals surface area contributed by atoms with E-state index in [0.29, 0.717) is 11.6 Å². The fraction of sp³-hybridized carbons (Fsp3) is 0.143. The second-order valence-corrected chi connectivity index (χ2v) is 4.26. The van der Waals surface area contributed by atoms with E-state index in [2.05, 4.69) is 16.4 Å². The first-order valence-corrected chi connectivity index (χ1v) is 5.96. The van der Waals surface area contributed by atoms with Crippen LogP contribution in [0.25, 0.3) is 0 Å². The lowest BCUT2D eigenvalue weighted by atomic mass is 10.1. The number of halogens is 1. The largest absolute Gasteiger partial charge is 0.293 e. The maximum atomic E-state index is 9.17. The van der Waals surface area contributed by atoms with Gasteiger partial charge in [-0.05, 0) is 29.8 Å². The maximum Gasteiger partial charge on any atom is 0.121 e. The highest BCUT2D eigenvalue weighted by Crippen LogP contribution is 2.17. The molecule has 2 aromatic rings. The quantitative estimate of drug-likeness (QED) is 0.916. The Bertz CT molecular complexity index is 548. The molecule has 1 unspecified atom stereocenters. The van der Waals surface area contributed by atoms with Crippen LogP contribution in [0.1, 0.15) is 17.3 Å². The molecule has 1 atom stereocenters. The van der Waals surface area contributed by atoms with Crippen molar-refractivity contribution in [3.05, 3.63) is 64.9 Å². The van der Waals surface area contributed by atoms with Crippen LogP contribution in [0.2, 0.25) is 5.02 Å². The normalized spacial score (nSPS) is 11.8. The molecular weight excluding hydrogens is 246 g/mol. The van der Waals surface area contributed by atoms with E-state index in [1.807, 2.05) is 30.3 Å². The van der Waals surface area contributed by atoms with E-state index >= 15 is 0 Å². The zero-order valence-electron chi connectivity index (χ0n) is 9.68. The van der Waals surface area contributed by atoms with Crippen molar-refractivity contribution < 1.29 is 0 Å². The van der Waals surface area contributed by atoms with Crippen molar-refractivity contribution in [3.8, 4) is 6.07 Å². The van der Waals surface area contributed by atoms with Gasteiger partial charge in [0.15, 0.2) is 0 Å². The topological polar surface area (TPSA) is 48.7 Å². The van der Waals surface area contributed by atoms with Gasteiger partial charge in [0.25, 0.3) is 0 Å². The number of nitriles is 1. The number of hydrogen-bond donors (Lipinski definition) is 1. The molecule has 0 aliphatic carbocycles. The summed E-state index contributed by atoms with van der Waals surface area (Å²) in [6, 6.07) is 14.8. The molecule has 1 N–H and O–H groups in total. The predicted molar refractivity (Wildman–Crippen MR) is 70.9 cm³/mol. The van der Waals surface area contributed by atoms with Gasteiger partial charge in [-0.3, -0.25) is 10.3 Å². The van der Waals surface area contributed by atoms with Crippen molar-refractivity contribution in [1.29, 1.82) is 5.26 Å². The number of pyridine rings is 1. The average Bonchev–Trinajstić information content (AvgIpc) is 2.41. The highest BCUT2D eigenvalue weighted by Gasteiger charge is 2.10. The molecule has 0 radical (unpaired) electrons. The summed E-state index contributed by atoms with van der Waals surface area (Å²) >= 11 is 5.91. The standard InChI is InChI=1S/C14H12ClN3/c15-12-5-3-4-11(8-12)14(9-16)18-10-13-6-1-2-7-17-13/h1-8,14,18H,10H2. The zero-order valence-corrected chi connectivity index (χ0v) is 10.4. The summed E-state index contributed by atoms with van der Waals surface area (Å²) in [7, 11) is 0. The van der Waals surface area contributed by atoms with Crippen molar-refractivity contribution in [2.24, 2.45) is 0 Å². The third-order valence-corrected chi connectivity index (χ3v) is 2.76. The molecule has 0 saturated carbocycles. The molecule has 0 aliphatic heterocycles. The lowest BCUT2D eigenvalue weighted by molar-refractivity contribution is 0.621. The van der Waals surface area contributed by atoms with Crippen LogP contribution in [0.4, 0.5) is 0 Å². The highest BCUT2D eigenvalue weighted by molar-refractivity contribution is 6.30. The molecule has 0 saturated heterocycles. The third-order valence-electron chi connectivity index (χ3n) is 2.52. The summed E-state index contributed by atoms with van der Waals surface area (Å²) in [5, 5.41) is 13.0. The Hall–Kier alpha value is -1.89. The molecular formula is C14H12ClN3. The Labute approximate surface area is 111 Å². The number of aromatic nitrogens is 1. The number of hydrogen-bond acceptors (Lipinski definition) is 3. The van der Waals surface area contributed by atoms with Gasteiger partial charge < -0.3 is 0 Å². The second kappa shape index (κ2) is 6.15. The van der Waals surface area contributed by atoms with Crippen LogP contribution >= 0.6 is 11.6 Å². The van der Waals surface area contributed by atoms with Crippen LogP contribution in [-0.4, -0.2) is 4.98 Å². The number of nitrogens with one attached hydrogen (secondary N) is 1. The Morgan fingerprint density at radius 3 is 2.83 bits per heavy atom. The fourth-order valence-corrected chi connectivity index (χ4v) is 1.83. The van der Waals surface area contributed by atoms with Crippen molar-refractivity contribution >= 4 is 11.6 Å². The van der Waals surface area contributed by atoms with Gasteiger partial charge in [-0.25, -0.2) is 0 Å². The zero-order chi connectivity index (χ0) is 12.8. The van der Waals surface area contributed by atoms with Gasteiger partial charge in [0.2, 0.25) is 0 Å². The van der Waals surface area contributed by atoms with Crippen LogP contribution in [0.5, 0.6) is 0 Å². The molecule has 0 amide bonds. The summed E-state index contributed by atoms with van der Waals surface area (Å²) in [5.74, 6) is 0. The van der Waals surface area contributed by atoms with E-state index < -0.39 is 0 Å². The number of nitrogens with zero attached hydrogens (tertiary/aromatic N) is 2. The van der Waals surface area contributed by atoms with Gasteiger partial charge in [0, 0.05) is 17.8 Å². The first-order chi connectivity index (χ1) is 8.79. The molecule has 0 aliphatic rings. The Morgan fingerprint density at radius 1 is 1.28 bits per heavy atom. The molecule has 1 aromatic carbocycles. The molecule has 0 fully saturated rings. The molecule has 0 spiro atoms. The molecule has 0 bridgehead atoms. The van der Waals surface area contributed by atoms with Crippen LogP contribution < -0.4 is 5.32 Å². The van der Waals surface area contributed by atoms with Crippen molar-refractivity contribution in [2.75, 3.05) is 0 Å². The second-order valence-electron chi connectivity index (χ2n) is 3.82. The first-order valence-electron chi connectivity index (χ1n) is 5.58. The average molecular weight is 258 g/mol. The number of rotatable bonds is 4. The van der Waals surface area contributed by atoms with Gasteiger partial charge in [0.05, 0.1) is 11.8 Å². The summed E-state index contributed by atoms with van der Waals surface area (Å²) in [6.45, 7) is 0.547. The SMILES string of the molecule is N#CC(NCc1ccccn1)c1cccc(Cl)c1. The minimum absolute atomic E-state index is 0.384. The van der Waals surface area contributed by atoms with Crippen molar-refractivity contribution in [3.63, 3.8) is 0 Å². The molecule has 18 heavy (non-hydrogen) atoms. The predicted octanol–water partition coefficient (Wildman–Crippen LogP) is 3.09. The van der Waals surface area contributed by atoms with Crippen molar-refractivity contribution in [1.82, 2.24) is 10.3 Å². The van der Waals surface area contributed by atoms with E-state index in [1.54, 1.807) is 18.3 Å². The molecule has 2 rings (SSSR count). The summed E-state index contributed by atoms with van der Waals surface area (Å²) < 4.78 is 0. The van der Waals surface area contributed by atoms with Crippen LogP contribution in [0, 0.1) is 11.3 Å². The van der Waals surface area contributed by atoms with Crippen LogP contribution in [0.15, 0.2) is 48.7 Å². The molecule has 1 aromatic heterocycles. The van der Waals surface area contributed by atoms with E-state index in [1.165, 1.54) is 0 Å². The van der Waals surface area contributed by atoms with Gasteiger partial charge in [0.1, 0.15) is 6.04 Å². The van der Waals surface area contributed by atoms with Crippen molar-refractivity contribution in [2.45, 2.75) is 12.6 Å². The van der Waals surface area contributed by atoms with Crippen LogP contribution in [0.3, 0.4) is 0 Å². The first kappa shape index (κ1) is 12.6. The lowest BCUT2D eigenvalue weighted by Gasteiger charge is -2.11. The Balaban J connectivity index is 2.05. The molecule has 3 nitrogen and oxygen atoms in total.